The summed E-state index contributed by atoms with van der Waals surface area (Å²) in [7, 11) is 0. The smallest absolute Gasteiger partial charge is 0.303 e. The van der Waals surface area contributed by atoms with Gasteiger partial charge in [-0.1, -0.05) is 13.0 Å². The zero-order chi connectivity index (χ0) is 25.8. The molecule has 5 rings (SSSR count). The summed E-state index contributed by atoms with van der Waals surface area (Å²) in [6, 6.07) is 0. The summed E-state index contributed by atoms with van der Waals surface area (Å²) in [6.07, 6.45) is 0.830. The topological polar surface area (TPSA) is 119 Å². The average Bonchev–Trinajstić information content (AvgIpc) is 3.16. The second kappa shape index (κ2) is 7.31. The third-order valence-corrected chi connectivity index (χ3v) is 9.48. The van der Waals surface area contributed by atoms with Crippen molar-refractivity contribution < 1.29 is 43.2 Å². The van der Waals surface area contributed by atoms with Crippen LogP contribution in [0.3, 0.4) is 0 Å². The Balaban J connectivity index is 1.62. The average molecular weight is 493 g/mol. The number of rotatable bonds is 3. The number of carbonyl (C=O) groups is 3. The number of aliphatic hydroxyl groups is 2. The Bertz CT molecular complexity index is 1070. The monoisotopic (exact) mass is 492 g/mol. The third-order valence-electron chi connectivity index (χ3n) is 9.48. The quantitative estimate of drug-likeness (QED) is 0.574. The molecule has 0 amide bonds. The zero-order valence-corrected chi connectivity index (χ0v) is 20.7. The second-order valence-electron chi connectivity index (χ2n) is 11.7. The fraction of sp³-hybridized carbons (Fsp3) is 0.731. The van der Waals surface area contributed by atoms with E-state index in [4.69, 9.17) is 14.2 Å². The molecule has 192 valence electrons. The van der Waals surface area contributed by atoms with E-state index in [0.29, 0.717) is 0 Å². The van der Waals surface area contributed by atoms with Gasteiger partial charge in [0.2, 0.25) is 5.78 Å². The summed E-state index contributed by atoms with van der Waals surface area (Å²) in [4.78, 5) is 37.2. The molecule has 0 radical (unpaired) electrons. The molecule has 0 aromatic carbocycles. The van der Waals surface area contributed by atoms with Gasteiger partial charge < -0.3 is 24.4 Å². The number of fused-ring (bicyclic) bond motifs is 7. The van der Waals surface area contributed by atoms with E-state index in [9.17, 15) is 24.6 Å². The lowest BCUT2D eigenvalue weighted by atomic mass is 9.44. The Kier molecular flexibility index (Phi) is 5.17. The van der Waals surface area contributed by atoms with Gasteiger partial charge in [-0.05, 0) is 63.7 Å². The number of esters is 1. The van der Waals surface area contributed by atoms with Crippen LogP contribution in [-0.4, -0.2) is 69.7 Å². The van der Waals surface area contributed by atoms with Crippen LogP contribution in [0.5, 0.6) is 0 Å². The molecule has 2 N–H and O–H groups in total. The normalized spacial score (nSPS) is 49.4. The highest BCUT2D eigenvalue weighted by molar-refractivity contribution is 6.01. The predicted molar refractivity (Wildman–Crippen MR) is 120 cm³/mol. The number of carbonyl (C=O) groups excluding carboxylic acids is 3. The van der Waals surface area contributed by atoms with Gasteiger partial charge in [0.25, 0.3) is 0 Å². The maximum atomic E-state index is 17.3. The van der Waals surface area contributed by atoms with Crippen molar-refractivity contribution in [2.75, 3.05) is 6.61 Å². The third kappa shape index (κ3) is 2.95. The Hall–Kier alpha value is -1.94. The van der Waals surface area contributed by atoms with Gasteiger partial charge in [-0.3, -0.25) is 14.4 Å². The molecule has 5 aliphatic rings. The lowest BCUT2D eigenvalue weighted by Crippen LogP contribution is -2.71. The number of aliphatic hydroxyl groups excluding tert-OH is 2. The molecule has 8 nitrogen and oxygen atoms in total. The molecule has 1 heterocycles. The summed E-state index contributed by atoms with van der Waals surface area (Å²) in [5, 5.41) is 22.5. The summed E-state index contributed by atoms with van der Waals surface area (Å²) in [6.45, 7) is 7.48. The van der Waals surface area contributed by atoms with Crippen molar-refractivity contribution in [3.8, 4) is 0 Å². The van der Waals surface area contributed by atoms with Crippen molar-refractivity contribution in [2.24, 2.45) is 22.7 Å². The van der Waals surface area contributed by atoms with Crippen LogP contribution in [-0.2, 0) is 28.6 Å². The van der Waals surface area contributed by atoms with Crippen LogP contribution in [0.15, 0.2) is 23.8 Å². The van der Waals surface area contributed by atoms with E-state index in [-0.39, 0.29) is 30.6 Å². The number of halogens is 1. The van der Waals surface area contributed by atoms with E-state index >= 15 is 4.39 Å². The lowest BCUT2D eigenvalue weighted by molar-refractivity contribution is -0.250. The fourth-order valence-corrected chi connectivity index (χ4v) is 8.12. The molecular formula is C26H33FO8. The number of allylic oxidation sites excluding steroid dienone is 3. The van der Waals surface area contributed by atoms with E-state index in [0.717, 1.165) is 0 Å². The standard InChI is InChI=1S/C26H33FO8/c1-13(28)33-12-20(32)26-21(34-22(2,3)35-26)10-15-16-9-18(30)17-8-14(29)6-7-23(17,4)25(16,27)19(31)11-24(15,26)5/h6-8,15-16,18-19,21,30-31H,9-12H2,1-5H3. The number of hydrogen-bond acceptors (Lipinski definition) is 8. The Labute approximate surface area is 203 Å². The minimum Gasteiger partial charge on any atom is -0.458 e. The molecule has 3 saturated carbocycles. The molecule has 0 aromatic rings. The van der Waals surface area contributed by atoms with Crippen molar-refractivity contribution in [2.45, 2.75) is 89.2 Å². The first kappa shape index (κ1) is 24.7. The first-order valence-electron chi connectivity index (χ1n) is 12.2. The molecule has 9 unspecified atom stereocenters. The van der Waals surface area contributed by atoms with E-state index in [1.54, 1.807) is 27.7 Å². The molecule has 9 heteroatoms. The van der Waals surface area contributed by atoms with Crippen LogP contribution >= 0.6 is 0 Å². The number of ketones is 2. The van der Waals surface area contributed by atoms with Crippen molar-refractivity contribution in [1.29, 1.82) is 0 Å². The minimum absolute atomic E-state index is 0.0132. The van der Waals surface area contributed by atoms with Crippen molar-refractivity contribution in [1.82, 2.24) is 0 Å². The van der Waals surface area contributed by atoms with Crippen molar-refractivity contribution in [3.63, 3.8) is 0 Å². The van der Waals surface area contributed by atoms with Gasteiger partial charge in [0.05, 0.1) is 18.3 Å². The first-order chi connectivity index (χ1) is 16.1. The van der Waals surface area contributed by atoms with Gasteiger partial charge in [-0.2, -0.15) is 0 Å². The number of hydrogen-bond donors (Lipinski definition) is 2. The molecule has 35 heavy (non-hydrogen) atoms. The summed E-state index contributed by atoms with van der Waals surface area (Å²) >= 11 is 0. The maximum Gasteiger partial charge on any atom is 0.303 e. The summed E-state index contributed by atoms with van der Waals surface area (Å²) in [5.74, 6) is -3.87. The second-order valence-corrected chi connectivity index (χ2v) is 11.7. The largest absolute Gasteiger partial charge is 0.458 e. The number of alkyl halides is 1. The van der Waals surface area contributed by atoms with Gasteiger partial charge in [-0.15, -0.1) is 0 Å². The maximum absolute atomic E-state index is 17.3. The van der Waals surface area contributed by atoms with Crippen LogP contribution in [0.4, 0.5) is 4.39 Å². The highest BCUT2D eigenvalue weighted by atomic mass is 19.1. The Morgan fingerprint density at radius 1 is 1.17 bits per heavy atom. The van der Waals surface area contributed by atoms with Crippen LogP contribution < -0.4 is 0 Å². The van der Waals surface area contributed by atoms with Crippen molar-refractivity contribution >= 4 is 17.5 Å². The summed E-state index contributed by atoms with van der Waals surface area (Å²) < 4.78 is 34.9. The summed E-state index contributed by atoms with van der Waals surface area (Å²) in [5.41, 5.74) is -5.93. The highest BCUT2D eigenvalue weighted by Gasteiger charge is 2.80. The first-order valence-corrected chi connectivity index (χ1v) is 12.2. The molecular weight excluding hydrogens is 459 g/mol. The highest BCUT2D eigenvalue weighted by Crippen LogP contribution is 2.72. The molecule has 0 aromatic heterocycles. The molecule has 0 bridgehead atoms. The van der Waals surface area contributed by atoms with Crippen molar-refractivity contribution in [3.05, 3.63) is 23.8 Å². The van der Waals surface area contributed by atoms with Gasteiger partial charge in [-0.25, -0.2) is 4.39 Å². The molecule has 4 fully saturated rings. The van der Waals surface area contributed by atoms with Crippen LogP contribution in [0, 0.1) is 22.7 Å². The van der Waals surface area contributed by atoms with Gasteiger partial charge in [0.15, 0.2) is 29.4 Å². The number of ether oxygens (including phenoxy) is 3. The number of Topliss-reactive ketones (excluding diaryl/α,β-unsaturated/α-hetero) is 1. The molecule has 1 saturated heterocycles. The van der Waals surface area contributed by atoms with E-state index in [1.165, 1.54) is 25.2 Å². The van der Waals surface area contributed by atoms with Gasteiger partial charge in [0, 0.05) is 23.7 Å². The van der Waals surface area contributed by atoms with E-state index < -0.39 is 76.4 Å². The molecule has 1 aliphatic heterocycles. The van der Waals surface area contributed by atoms with E-state index in [1.807, 2.05) is 0 Å². The fourth-order valence-electron chi connectivity index (χ4n) is 8.12. The molecule has 4 aliphatic carbocycles. The van der Waals surface area contributed by atoms with Gasteiger partial charge >= 0.3 is 5.97 Å². The van der Waals surface area contributed by atoms with Crippen LogP contribution in [0.2, 0.25) is 0 Å². The molecule has 0 spiro atoms. The van der Waals surface area contributed by atoms with Crippen LogP contribution in [0.25, 0.3) is 0 Å². The lowest BCUT2D eigenvalue weighted by Gasteiger charge is -2.63. The minimum atomic E-state index is -2.19. The zero-order valence-electron chi connectivity index (χ0n) is 20.7. The van der Waals surface area contributed by atoms with E-state index in [2.05, 4.69) is 0 Å². The Morgan fingerprint density at radius 3 is 2.51 bits per heavy atom. The predicted octanol–water partition coefficient (Wildman–Crippen LogP) is 1.96. The van der Waals surface area contributed by atoms with Gasteiger partial charge in [0.1, 0.15) is 0 Å². The SMILES string of the molecule is CC(=O)OCC(=O)C12OC(C)(C)OC1CC1C3CC(O)C4=CC(=O)C=CC4(C)C3(F)C(O)CC12C. The Morgan fingerprint density at radius 2 is 1.86 bits per heavy atom. The van der Waals surface area contributed by atoms with Crippen LogP contribution in [0.1, 0.15) is 53.9 Å². The molecule has 9 atom stereocenters.